The Bertz CT molecular complexity index is 736. The number of aliphatic imine (C=N–C) groups is 1. The van der Waals surface area contributed by atoms with Crippen LogP contribution in [0, 0.1) is 0 Å². The lowest BCUT2D eigenvalue weighted by molar-refractivity contribution is -0.296. The van der Waals surface area contributed by atoms with Gasteiger partial charge in [0.25, 0.3) is 0 Å². The highest BCUT2D eigenvalue weighted by Gasteiger charge is 2.46. The molecular formula is C21H29NO8. The number of hydrogen-bond acceptors (Lipinski definition) is 9. The summed E-state index contributed by atoms with van der Waals surface area (Å²) in [5, 5.41) is 21.1. The molecule has 0 aromatic heterocycles. The van der Waals surface area contributed by atoms with Crippen molar-refractivity contribution in [2.45, 2.75) is 37.6 Å². The van der Waals surface area contributed by atoms with Crippen molar-refractivity contribution in [3.8, 4) is 0 Å². The molecule has 9 nitrogen and oxygen atoms in total. The molecule has 0 amide bonds. The summed E-state index contributed by atoms with van der Waals surface area (Å²) in [6.07, 6.45) is -2.67. The molecule has 0 unspecified atom stereocenters. The van der Waals surface area contributed by atoms with Gasteiger partial charge in [-0.3, -0.25) is 4.99 Å². The van der Waals surface area contributed by atoms with Crippen molar-refractivity contribution in [1.29, 1.82) is 0 Å². The van der Waals surface area contributed by atoms with E-state index in [1.54, 1.807) is 37.3 Å². The van der Waals surface area contributed by atoms with Gasteiger partial charge in [0.1, 0.15) is 35.7 Å². The Morgan fingerprint density at radius 1 is 1.13 bits per heavy atom. The van der Waals surface area contributed by atoms with Crippen molar-refractivity contribution in [1.82, 2.24) is 0 Å². The third-order valence-corrected chi connectivity index (χ3v) is 4.70. The molecule has 0 saturated carbocycles. The minimum absolute atomic E-state index is 0.0116. The predicted octanol–water partition coefficient (Wildman–Crippen LogP) is 1.35. The number of carbonyl (C=O) groups excluding carboxylic acids is 1. The van der Waals surface area contributed by atoms with Gasteiger partial charge in [-0.05, 0) is 6.92 Å². The summed E-state index contributed by atoms with van der Waals surface area (Å²) in [5.41, 5.74) is 0.345. The second-order valence-electron chi connectivity index (χ2n) is 6.51. The van der Waals surface area contributed by atoms with Crippen LogP contribution in [0.25, 0.3) is 5.76 Å². The molecule has 2 N–H and O–H groups in total. The Balaban J connectivity index is 2.22. The van der Waals surface area contributed by atoms with Crippen LogP contribution in [0.3, 0.4) is 0 Å². The largest absolute Gasteiger partial charge is 0.506 e. The number of methoxy groups -OCH3 is 3. The Kier molecular flexibility index (Phi) is 9.41. The number of benzene rings is 1. The van der Waals surface area contributed by atoms with E-state index in [2.05, 4.69) is 4.99 Å². The first-order chi connectivity index (χ1) is 14.5. The number of hydrogen-bond donors (Lipinski definition) is 2. The Hall–Kier alpha value is -2.30. The van der Waals surface area contributed by atoms with E-state index in [0.29, 0.717) is 5.56 Å². The standard InChI is InChI=1S/C21H29NO8/c1-5-29-20(25)14(16(23)13-9-7-6-8-10-13)11-22-12-15-17(24)18(26-2)19(27-3)21(28-4)30-15/h6-11,15,17-19,21,23-24H,5,12H2,1-4H3/b16-14-,22-11?/t15-,17-,18+,19-,21+/m1/s1. The van der Waals surface area contributed by atoms with Gasteiger partial charge in [0.2, 0.25) is 0 Å². The number of rotatable bonds is 9. The maximum atomic E-state index is 12.3. The lowest BCUT2D eigenvalue weighted by Gasteiger charge is -2.42. The van der Waals surface area contributed by atoms with E-state index in [4.69, 9.17) is 23.7 Å². The van der Waals surface area contributed by atoms with Crippen LogP contribution in [0.1, 0.15) is 12.5 Å². The van der Waals surface area contributed by atoms with Gasteiger partial charge in [0.05, 0.1) is 13.2 Å². The zero-order valence-corrected chi connectivity index (χ0v) is 17.6. The van der Waals surface area contributed by atoms with Crippen LogP contribution >= 0.6 is 0 Å². The van der Waals surface area contributed by atoms with E-state index in [0.717, 1.165) is 0 Å². The number of aliphatic hydroxyl groups excluding tert-OH is 2. The summed E-state index contributed by atoms with van der Waals surface area (Å²) in [5.74, 6) is -0.969. The van der Waals surface area contributed by atoms with Crippen molar-refractivity contribution in [2.24, 2.45) is 4.99 Å². The number of nitrogens with zero attached hydrogens (tertiary/aromatic N) is 1. The molecule has 9 heteroatoms. The highest BCUT2D eigenvalue weighted by atomic mass is 16.7. The molecule has 0 spiro atoms. The first-order valence-corrected chi connectivity index (χ1v) is 9.55. The van der Waals surface area contributed by atoms with Crippen molar-refractivity contribution < 1.29 is 38.7 Å². The molecule has 166 valence electrons. The maximum Gasteiger partial charge on any atom is 0.343 e. The van der Waals surface area contributed by atoms with Crippen molar-refractivity contribution in [2.75, 3.05) is 34.5 Å². The molecule has 2 rings (SSSR count). The second kappa shape index (κ2) is 11.8. The van der Waals surface area contributed by atoms with Gasteiger partial charge in [-0.1, -0.05) is 30.3 Å². The third kappa shape index (κ3) is 5.65. The van der Waals surface area contributed by atoms with Gasteiger partial charge in [-0.25, -0.2) is 4.79 Å². The average Bonchev–Trinajstić information content (AvgIpc) is 2.77. The quantitative estimate of drug-likeness (QED) is 0.265. The summed E-state index contributed by atoms with van der Waals surface area (Å²) in [6, 6.07) is 8.59. The predicted molar refractivity (Wildman–Crippen MR) is 109 cm³/mol. The molecule has 1 aliphatic heterocycles. The normalized spacial score (nSPS) is 27.7. The summed E-state index contributed by atoms with van der Waals surface area (Å²) < 4.78 is 26.7. The monoisotopic (exact) mass is 423 g/mol. The van der Waals surface area contributed by atoms with Gasteiger partial charge in [0.15, 0.2) is 6.29 Å². The van der Waals surface area contributed by atoms with Crippen LogP contribution < -0.4 is 0 Å². The number of ether oxygens (including phenoxy) is 5. The molecule has 0 aliphatic carbocycles. The van der Waals surface area contributed by atoms with E-state index in [1.807, 2.05) is 0 Å². The molecule has 1 heterocycles. The maximum absolute atomic E-state index is 12.3. The van der Waals surface area contributed by atoms with Crippen molar-refractivity contribution in [3.63, 3.8) is 0 Å². The summed E-state index contributed by atoms with van der Waals surface area (Å²) in [6.45, 7) is 1.80. The number of esters is 1. The van der Waals surface area contributed by atoms with E-state index >= 15 is 0 Å². The average molecular weight is 423 g/mol. The highest BCUT2D eigenvalue weighted by Crippen LogP contribution is 2.26. The zero-order valence-electron chi connectivity index (χ0n) is 17.6. The number of aliphatic hydroxyl groups is 2. The fourth-order valence-corrected chi connectivity index (χ4v) is 3.17. The summed E-state index contributed by atoms with van der Waals surface area (Å²) in [7, 11) is 4.39. The van der Waals surface area contributed by atoms with Crippen molar-refractivity contribution in [3.05, 3.63) is 41.5 Å². The minimum atomic E-state index is -1.04. The lowest BCUT2D eigenvalue weighted by Crippen LogP contribution is -2.60. The van der Waals surface area contributed by atoms with E-state index in [9.17, 15) is 15.0 Å². The highest BCUT2D eigenvalue weighted by molar-refractivity contribution is 6.15. The van der Waals surface area contributed by atoms with Gasteiger partial charge >= 0.3 is 5.97 Å². The van der Waals surface area contributed by atoms with Gasteiger partial charge in [-0.15, -0.1) is 0 Å². The van der Waals surface area contributed by atoms with Crippen LogP contribution in [0.4, 0.5) is 0 Å². The molecule has 1 aromatic carbocycles. The number of carbonyl (C=O) groups is 1. The van der Waals surface area contributed by atoms with E-state index in [1.165, 1.54) is 27.5 Å². The van der Waals surface area contributed by atoms with Crippen LogP contribution in [0.15, 0.2) is 40.9 Å². The smallest absolute Gasteiger partial charge is 0.343 e. The zero-order chi connectivity index (χ0) is 22.1. The van der Waals surface area contributed by atoms with Crippen molar-refractivity contribution >= 4 is 17.9 Å². The second-order valence-corrected chi connectivity index (χ2v) is 6.51. The molecule has 1 aliphatic rings. The topological polar surface area (TPSA) is 116 Å². The molecular weight excluding hydrogens is 394 g/mol. The molecule has 1 fully saturated rings. The molecule has 0 radical (unpaired) electrons. The van der Waals surface area contributed by atoms with Gasteiger partial charge < -0.3 is 33.9 Å². The fourth-order valence-electron chi connectivity index (χ4n) is 3.17. The third-order valence-electron chi connectivity index (χ3n) is 4.70. The minimum Gasteiger partial charge on any atom is -0.506 e. The SMILES string of the molecule is CCOC(=O)/C(C=NC[C@H]1O[C@H](OC)[C@H](OC)[C@@H](OC)[C@@H]1O)=C(\O)c1ccccc1. The van der Waals surface area contributed by atoms with Crippen LogP contribution in [-0.2, 0) is 28.5 Å². The first kappa shape index (κ1) is 24.0. The summed E-state index contributed by atoms with van der Waals surface area (Å²) >= 11 is 0. The van der Waals surface area contributed by atoms with Crippen LogP contribution in [0.2, 0.25) is 0 Å². The summed E-state index contributed by atoms with van der Waals surface area (Å²) in [4.78, 5) is 16.5. The van der Waals surface area contributed by atoms with Crippen LogP contribution in [0.5, 0.6) is 0 Å². The lowest BCUT2D eigenvalue weighted by atomic mass is 9.98. The van der Waals surface area contributed by atoms with Crippen LogP contribution in [-0.4, -0.2) is 87.6 Å². The van der Waals surface area contributed by atoms with Gasteiger partial charge in [0, 0.05) is 33.1 Å². The van der Waals surface area contributed by atoms with E-state index in [-0.39, 0.29) is 24.5 Å². The molecule has 30 heavy (non-hydrogen) atoms. The Labute approximate surface area is 175 Å². The Morgan fingerprint density at radius 3 is 2.37 bits per heavy atom. The Morgan fingerprint density at radius 2 is 1.80 bits per heavy atom. The molecule has 1 saturated heterocycles. The van der Waals surface area contributed by atoms with Gasteiger partial charge in [-0.2, -0.15) is 0 Å². The fraction of sp³-hybridized carbons (Fsp3) is 0.524. The molecule has 1 aromatic rings. The first-order valence-electron chi connectivity index (χ1n) is 9.55. The molecule has 0 bridgehead atoms. The van der Waals surface area contributed by atoms with E-state index < -0.39 is 36.7 Å². The molecule has 5 atom stereocenters.